The largest absolute Gasteiger partial charge is 0.490 e. The molecular weight excluding hydrogens is 600 g/mol. The van der Waals surface area contributed by atoms with E-state index in [1.807, 2.05) is 33.0 Å². The van der Waals surface area contributed by atoms with Crippen molar-refractivity contribution in [2.75, 3.05) is 38.7 Å². The third-order valence-corrected chi connectivity index (χ3v) is 8.40. The Hall–Kier alpha value is -4.32. The molecule has 4 rings (SSSR count). The molecule has 252 valence electrons. The number of rotatable bonds is 9. The van der Waals surface area contributed by atoms with Gasteiger partial charge in [0.05, 0.1) is 36.0 Å². The highest BCUT2D eigenvalue weighted by Gasteiger charge is 2.30. The molecule has 3 aromatic rings. The summed E-state index contributed by atoms with van der Waals surface area (Å²) in [6.07, 6.45) is 5.19. The first-order chi connectivity index (χ1) is 22.5. The number of aliphatic hydroxyl groups is 1. The predicted molar refractivity (Wildman–Crippen MR) is 179 cm³/mol. The molecule has 0 spiro atoms. The lowest BCUT2D eigenvalue weighted by Gasteiger charge is -2.36. The molecular formula is C36H46N4O7. The number of nitrogens with one attached hydrogen (secondary N) is 1. The van der Waals surface area contributed by atoms with E-state index < -0.39 is 12.0 Å². The fourth-order valence-electron chi connectivity index (χ4n) is 5.61. The number of anilines is 1. The first-order valence-electron chi connectivity index (χ1n) is 16.1. The van der Waals surface area contributed by atoms with Crippen LogP contribution in [0.4, 0.5) is 5.69 Å². The Morgan fingerprint density at radius 2 is 1.79 bits per heavy atom. The van der Waals surface area contributed by atoms with Crippen molar-refractivity contribution in [3.8, 4) is 5.75 Å². The highest BCUT2D eigenvalue weighted by atomic mass is 16.5. The monoisotopic (exact) mass is 646 g/mol. The summed E-state index contributed by atoms with van der Waals surface area (Å²) in [5.74, 6) is -1.29. The van der Waals surface area contributed by atoms with Crippen LogP contribution in [-0.4, -0.2) is 94.4 Å². The number of likely N-dealkylation sites (N-methyl/N-ethyl adjacent to an activating group) is 1. The van der Waals surface area contributed by atoms with Crippen molar-refractivity contribution < 1.29 is 34.1 Å². The van der Waals surface area contributed by atoms with Crippen LogP contribution in [0.2, 0.25) is 0 Å². The number of carboxylic acid groups (broad SMARTS) is 1. The Morgan fingerprint density at radius 3 is 2.47 bits per heavy atom. The normalized spacial score (nSPS) is 20.1. The van der Waals surface area contributed by atoms with E-state index in [2.05, 4.69) is 15.2 Å². The van der Waals surface area contributed by atoms with Gasteiger partial charge in [-0.1, -0.05) is 19.1 Å². The van der Waals surface area contributed by atoms with E-state index in [1.54, 1.807) is 66.7 Å². The van der Waals surface area contributed by atoms with Crippen LogP contribution in [0.15, 0.2) is 67.0 Å². The van der Waals surface area contributed by atoms with E-state index in [-0.39, 0.29) is 42.1 Å². The van der Waals surface area contributed by atoms with E-state index in [4.69, 9.17) is 9.47 Å². The number of aliphatic hydroxyl groups excluding tert-OH is 1. The summed E-state index contributed by atoms with van der Waals surface area (Å²) in [5.41, 5.74) is 2.41. The molecule has 47 heavy (non-hydrogen) atoms. The second kappa shape index (κ2) is 17.0. The molecule has 11 heteroatoms. The number of ether oxygens (including phenoxy) is 2. The number of hydrogen-bond donors (Lipinski definition) is 3. The van der Waals surface area contributed by atoms with Gasteiger partial charge < -0.3 is 29.9 Å². The minimum atomic E-state index is -0.961. The molecule has 4 atom stereocenters. The maximum Gasteiger partial charge on any atom is 0.335 e. The van der Waals surface area contributed by atoms with Crippen molar-refractivity contribution in [1.82, 2.24) is 14.8 Å². The molecule has 2 amide bonds. The molecule has 0 aliphatic carbocycles. The number of nitrogens with zero attached hydrogens (tertiary/aromatic N) is 3. The Labute approximate surface area is 276 Å². The van der Waals surface area contributed by atoms with Gasteiger partial charge in [0.2, 0.25) is 0 Å². The van der Waals surface area contributed by atoms with Crippen LogP contribution in [-0.2, 0) is 11.3 Å². The van der Waals surface area contributed by atoms with Crippen LogP contribution in [0.25, 0.3) is 0 Å². The van der Waals surface area contributed by atoms with Crippen molar-refractivity contribution >= 4 is 23.5 Å². The Kier molecular flexibility index (Phi) is 12.9. The van der Waals surface area contributed by atoms with Crippen molar-refractivity contribution in [2.45, 2.75) is 64.8 Å². The van der Waals surface area contributed by atoms with E-state index >= 15 is 0 Å². The molecule has 2 heterocycles. The topological polar surface area (TPSA) is 142 Å². The van der Waals surface area contributed by atoms with E-state index in [1.165, 1.54) is 0 Å². The summed E-state index contributed by atoms with van der Waals surface area (Å²) in [6, 6.07) is 14.6. The van der Waals surface area contributed by atoms with E-state index in [0.29, 0.717) is 48.8 Å². The number of pyridine rings is 1. The Morgan fingerprint density at radius 1 is 1.06 bits per heavy atom. The lowest BCUT2D eigenvalue weighted by molar-refractivity contribution is -0.0177. The van der Waals surface area contributed by atoms with Crippen LogP contribution in [0.5, 0.6) is 5.75 Å². The van der Waals surface area contributed by atoms with E-state index in [9.17, 15) is 24.6 Å². The number of hydrogen-bond acceptors (Lipinski definition) is 8. The molecule has 0 saturated carbocycles. The number of carbonyl (C=O) groups excluding carboxylic acids is 2. The van der Waals surface area contributed by atoms with Crippen LogP contribution in [0, 0.1) is 5.92 Å². The third kappa shape index (κ3) is 10.1. The summed E-state index contributed by atoms with van der Waals surface area (Å²) in [6.45, 7) is 7.63. The van der Waals surface area contributed by atoms with Gasteiger partial charge in [-0.05, 0) is 88.2 Å². The summed E-state index contributed by atoms with van der Waals surface area (Å²) >= 11 is 0. The van der Waals surface area contributed by atoms with Gasteiger partial charge in [-0.15, -0.1) is 0 Å². The molecule has 0 saturated heterocycles. The smallest absolute Gasteiger partial charge is 0.335 e. The quantitative estimate of drug-likeness (QED) is 0.294. The molecule has 0 unspecified atom stereocenters. The first-order valence-corrected chi connectivity index (χ1v) is 16.1. The third-order valence-electron chi connectivity index (χ3n) is 8.40. The van der Waals surface area contributed by atoms with Gasteiger partial charge >= 0.3 is 5.97 Å². The molecule has 1 aromatic heterocycles. The Bertz CT molecular complexity index is 1480. The molecule has 3 N–H and O–H groups in total. The number of aromatic carboxylic acids is 1. The number of carboxylic acids is 1. The zero-order valence-corrected chi connectivity index (χ0v) is 27.6. The number of fused-ring (bicyclic) bond motifs is 1. The molecule has 11 nitrogen and oxygen atoms in total. The second-order valence-electron chi connectivity index (χ2n) is 12.4. The minimum absolute atomic E-state index is 0.106. The average molecular weight is 647 g/mol. The summed E-state index contributed by atoms with van der Waals surface area (Å²) in [5, 5.41) is 22.3. The lowest BCUT2D eigenvalue weighted by Crippen LogP contribution is -2.47. The number of carbonyl (C=O) groups is 3. The molecule has 1 aliphatic heterocycles. The first kappa shape index (κ1) is 35.5. The molecule has 1 aliphatic rings. The fraction of sp³-hybridized carbons (Fsp3) is 0.444. The Balaban J connectivity index is 1.59. The van der Waals surface area contributed by atoms with Gasteiger partial charge in [0.1, 0.15) is 5.75 Å². The molecule has 0 radical (unpaired) electrons. The standard InChI is InChI=1S/C36H46N4O7/c1-24-20-40(25(2)23-41)35(43)31-19-30(38-34(42)28-14-16-37-17-15-28)12-13-32(31)47-26(3)7-5-6-18-46-33(24)22-39(4)21-27-8-10-29(11-9-27)36(44)45/h8-17,19,24-26,33,41H,5-7,18,20-23H2,1-4H3,(H,38,42)(H,44,45)/t24-,25+,26-,33-/m0/s1. The highest BCUT2D eigenvalue weighted by Crippen LogP contribution is 2.29. The van der Waals surface area contributed by atoms with Gasteiger partial charge in [-0.25, -0.2) is 4.79 Å². The number of amides is 2. The van der Waals surface area contributed by atoms with Gasteiger partial charge in [0.25, 0.3) is 11.8 Å². The van der Waals surface area contributed by atoms with Gasteiger partial charge in [-0.2, -0.15) is 0 Å². The fourth-order valence-corrected chi connectivity index (χ4v) is 5.61. The predicted octanol–water partition coefficient (Wildman–Crippen LogP) is 4.96. The maximum atomic E-state index is 14.3. The SMILES string of the molecule is C[C@H](CO)N1C[C@H](C)[C@H](CN(C)Cc2ccc(C(=O)O)cc2)OCCCC[C@H](C)Oc2ccc(NC(=O)c3ccncc3)cc2C1=O. The van der Waals surface area contributed by atoms with E-state index in [0.717, 1.165) is 24.8 Å². The zero-order chi connectivity index (χ0) is 33.9. The minimum Gasteiger partial charge on any atom is -0.490 e. The van der Waals surface area contributed by atoms with Gasteiger partial charge in [-0.3, -0.25) is 19.5 Å². The molecule has 0 bridgehead atoms. The zero-order valence-electron chi connectivity index (χ0n) is 27.6. The summed E-state index contributed by atoms with van der Waals surface area (Å²) < 4.78 is 12.7. The van der Waals surface area contributed by atoms with Gasteiger partial charge in [0.15, 0.2) is 0 Å². The number of aromatic nitrogens is 1. The maximum absolute atomic E-state index is 14.3. The molecule has 0 fully saturated rings. The number of benzene rings is 2. The second-order valence-corrected chi connectivity index (χ2v) is 12.4. The van der Waals surface area contributed by atoms with Crippen LogP contribution in [0.1, 0.15) is 76.7 Å². The van der Waals surface area contributed by atoms with Gasteiger partial charge in [0, 0.05) is 55.8 Å². The van der Waals surface area contributed by atoms with Crippen LogP contribution < -0.4 is 10.1 Å². The summed E-state index contributed by atoms with van der Waals surface area (Å²) in [4.78, 5) is 46.2. The van der Waals surface area contributed by atoms with Crippen molar-refractivity contribution in [3.63, 3.8) is 0 Å². The van der Waals surface area contributed by atoms with Crippen molar-refractivity contribution in [1.29, 1.82) is 0 Å². The van der Waals surface area contributed by atoms with Crippen molar-refractivity contribution in [3.05, 3.63) is 89.2 Å². The molecule has 2 aromatic carbocycles. The van der Waals surface area contributed by atoms with Crippen LogP contribution >= 0.6 is 0 Å². The van der Waals surface area contributed by atoms with Crippen molar-refractivity contribution in [2.24, 2.45) is 5.92 Å². The summed E-state index contributed by atoms with van der Waals surface area (Å²) in [7, 11) is 1.99. The highest BCUT2D eigenvalue weighted by molar-refractivity contribution is 6.05. The van der Waals surface area contributed by atoms with Crippen LogP contribution in [0.3, 0.4) is 0 Å². The lowest BCUT2D eigenvalue weighted by atomic mass is 10.0. The average Bonchev–Trinajstić information content (AvgIpc) is 3.06.